The molecule has 0 bridgehead atoms. The molecule has 2 atom stereocenters. The first-order chi connectivity index (χ1) is 10.1. The average Bonchev–Trinajstić information content (AvgIpc) is 2.83. The minimum atomic E-state index is -2.88. The molecule has 2 unspecified atom stereocenters. The van der Waals surface area contributed by atoms with Crippen LogP contribution in [0.2, 0.25) is 0 Å². The summed E-state index contributed by atoms with van der Waals surface area (Å²) in [7, 11) is -2.88. The molecule has 1 N–H and O–H groups in total. The molecule has 21 heavy (non-hydrogen) atoms. The summed E-state index contributed by atoms with van der Waals surface area (Å²) in [5.41, 5.74) is 1.08. The molecule has 0 radical (unpaired) electrons. The number of rotatable bonds is 7. The molecule has 4 nitrogen and oxygen atoms in total. The van der Waals surface area contributed by atoms with E-state index in [-0.39, 0.29) is 17.7 Å². The first-order valence-corrected chi connectivity index (χ1v) is 9.55. The summed E-state index contributed by atoms with van der Waals surface area (Å²) in [6.07, 6.45) is 1.68. The zero-order chi connectivity index (χ0) is 15.3. The number of ether oxygens (including phenoxy) is 1. The topological polar surface area (TPSA) is 55.4 Å². The Morgan fingerprint density at radius 2 is 2.10 bits per heavy atom. The first kappa shape index (κ1) is 16.3. The Morgan fingerprint density at radius 3 is 2.71 bits per heavy atom. The van der Waals surface area contributed by atoms with Gasteiger partial charge in [0.15, 0.2) is 9.84 Å². The normalized spacial score (nSPS) is 22.1. The fraction of sp³-hybridized carbons (Fsp3) is 0.625. The maximum Gasteiger partial charge on any atom is 0.150 e. The number of nitrogens with one attached hydrogen (secondary N) is 1. The van der Waals surface area contributed by atoms with Crippen LogP contribution in [0.5, 0.6) is 5.75 Å². The molecular weight excluding hydrogens is 286 g/mol. The highest BCUT2D eigenvalue weighted by atomic mass is 32.2. The highest BCUT2D eigenvalue weighted by Crippen LogP contribution is 2.35. The summed E-state index contributed by atoms with van der Waals surface area (Å²) < 4.78 is 29.4. The average molecular weight is 311 g/mol. The van der Waals surface area contributed by atoms with Gasteiger partial charge in [0, 0.05) is 11.6 Å². The predicted molar refractivity (Wildman–Crippen MR) is 85.4 cm³/mol. The van der Waals surface area contributed by atoms with Crippen LogP contribution in [0.15, 0.2) is 24.3 Å². The van der Waals surface area contributed by atoms with E-state index in [2.05, 4.69) is 12.2 Å². The summed E-state index contributed by atoms with van der Waals surface area (Å²) in [5.74, 6) is 1.57. The monoisotopic (exact) mass is 311 g/mol. The van der Waals surface area contributed by atoms with E-state index in [9.17, 15) is 8.42 Å². The quantitative estimate of drug-likeness (QED) is 0.841. The van der Waals surface area contributed by atoms with Crippen molar-refractivity contribution in [1.29, 1.82) is 0 Å². The van der Waals surface area contributed by atoms with Gasteiger partial charge in [-0.05, 0) is 31.4 Å². The van der Waals surface area contributed by atoms with Crippen molar-refractivity contribution in [3.8, 4) is 5.75 Å². The third-order valence-corrected chi connectivity index (χ3v) is 5.67. The smallest absolute Gasteiger partial charge is 0.150 e. The van der Waals surface area contributed by atoms with Gasteiger partial charge in [-0.15, -0.1) is 0 Å². The van der Waals surface area contributed by atoms with Crippen molar-refractivity contribution in [2.45, 2.75) is 32.7 Å². The summed E-state index contributed by atoms with van der Waals surface area (Å²) in [4.78, 5) is 0. The summed E-state index contributed by atoms with van der Waals surface area (Å²) >= 11 is 0. The molecule has 0 saturated carbocycles. The summed E-state index contributed by atoms with van der Waals surface area (Å²) in [6, 6.07) is 8.01. The molecular formula is C16H25NO3S. The van der Waals surface area contributed by atoms with Gasteiger partial charge in [-0.3, -0.25) is 0 Å². The maximum atomic E-state index is 11.8. The van der Waals surface area contributed by atoms with Crippen molar-refractivity contribution in [2.75, 3.05) is 24.7 Å². The van der Waals surface area contributed by atoms with Crippen LogP contribution in [0, 0.1) is 5.92 Å². The number of hydrogen-bond acceptors (Lipinski definition) is 4. The van der Waals surface area contributed by atoms with E-state index in [0.29, 0.717) is 12.4 Å². The van der Waals surface area contributed by atoms with Gasteiger partial charge in [-0.1, -0.05) is 32.0 Å². The number of sulfone groups is 1. The highest BCUT2D eigenvalue weighted by molar-refractivity contribution is 7.91. The van der Waals surface area contributed by atoms with Crippen molar-refractivity contribution < 1.29 is 13.2 Å². The number of para-hydroxylation sites is 1. The lowest BCUT2D eigenvalue weighted by molar-refractivity contribution is 0.302. The third-order valence-electron chi connectivity index (χ3n) is 3.88. The molecule has 0 aromatic heterocycles. The van der Waals surface area contributed by atoms with Gasteiger partial charge in [0.2, 0.25) is 0 Å². The van der Waals surface area contributed by atoms with E-state index >= 15 is 0 Å². The Labute approximate surface area is 127 Å². The van der Waals surface area contributed by atoms with Crippen LogP contribution in [-0.2, 0) is 9.84 Å². The van der Waals surface area contributed by atoms with Crippen molar-refractivity contribution >= 4 is 9.84 Å². The van der Waals surface area contributed by atoms with Gasteiger partial charge in [-0.25, -0.2) is 8.42 Å². The van der Waals surface area contributed by atoms with Crippen LogP contribution in [0.3, 0.4) is 0 Å². The lowest BCUT2D eigenvalue weighted by atomic mass is 9.92. The Balaban J connectivity index is 2.26. The van der Waals surface area contributed by atoms with Crippen LogP contribution >= 0.6 is 0 Å². The summed E-state index contributed by atoms with van der Waals surface area (Å²) in [5, 5.41) is 3.45. The van der Waals surface area contributed by atoms with E-state index < -0.39 is 9.84 Å². The summed E-state index contributed by atoms with van der Waals surface area (Å²) in [6.45, 7) is 5.61. The molecule has 5 heteroatoms. The minimum Gasteiger partial charge on any atom is -0.493 e. The molecule has 0 aliphatic carbocycles. The SMILES string of the molecule is CCCOc1ccccc1C(NCC)C1CCS(=O)(=O)C1. The molecule has 0 amide bonds. The molecule has 1 aromatic carbocycles. The van der Waals surface area contributed by atoms with Gasteiger partial charge in [0.25, 0.3) is 0 Å². The van der Waals surface area contributed by atoms with Crippen LogP contribution in [-0.4, -0.2) is 33.1 Å². The van der Waals surface area contributed by atoms with Gasteiger partial charge in [-0.2, -0.15) is 0 Å². The molecule has 2 rings (SSSR count). The molecule has 1 saturated heterocycles. The molecule has 1 fully saturated rings. The fourth-order valence-corrected chi connectivity index (χ4v) is 4.76. The molecule has 1 aromatic rings. The number of hydrogen-bond donors (Lipinski definition) is 1. The van der Waals surface area contributed by atoms with E-state index in [1.54, 1.807) is 0 Å². The Hall–Kier alpha value is -1.07. The van der Waals surface area contributed by atoms with E-state index in [1.165, 1.54) is 0 Å². The van der Waals surface area contributed by atoms with E-state index in [0.717, 1.165) is 30.7 Å². The van der Waals surface area contributed by atoms with Crippen molar-refractivity contribution in [3.63, 3.8) is 0 Å². The van der Waals surface area contributed by atoms with Crippen LogP contribution in [0.25, 0.3) is 0 Å². The lowest BCUT2D eigenvalue weighted by Gasteiger charge is -2.26. The molecule has 1 heterocycles. The Kier molecular flexibility index (Phi) is 5.65. The zero-order valence-electron chi connectivity index (χ0n) is 12.8. The zero-order valence-corrected chi connectivity index (χ0v) is 13.7. The predicted octanol–water partition coefficient (Wildman–Crippen LogP) is 2.56. The lowest BCUT2D eigenvalue weighted by Crippen LogP contribution is -2.29. The Bertz CT molecular complexity index is 556. The largest absolute Gasteiger partial charge is 0.493 e. The third kappa shape index (κ3) is 4.20. The minimum absolute atomic E-state index is 0.0420. The standard InChI is InChI=1S/C16H25NO3S/c1-3-10-20-15-8-6-5-7-14(15)16(17-4-2)13-9-11-21(18,19)12-13/h5-8,13,16-17H,3-4,9-12H2,1-2H3. The maximum absolute atomic E-state index is 11.8. The van der Waals surface area contributed by atoms with Gasteiger partial charge in [0.1, 0.15) is 5.75 Å². The van der Waals surface area contributed by atoms with Crippen molar-refractivity contribution in [3.05, 3.63) is 29.8 Å². The molecule has 0 spiro atoms. The molecule has 1 aliphatic heterocycles. The van der Waals surface area contributed by atoms with Gasteiger partial charge >= 0.3 is 0 Å². The van der Waals surface area contributed by atoms with E-state index in [4.69, 9.17) is 4.74 Å². The van der Waals surface area contributed by atoms with Crippen molar-refractivity contribution in [1.82, 2.24) is 5.32 Å². The first-order valence-electron chi connectivity index (χ1n) is 7.73. The van der Waals surface area contributed by atoms with E-state index in [1.807, 2.05) is 31.2 Å². The fourth-order valence-electron chi connectivity index (χ4n) is 2.92. The second kappa shape index (κ2) is 7.27. The van der Waals surface area contributed by atoms with Crippen LogP contribution < -0.4 is 10.1 Å². The second-order valence-electron chi connectivity index (χ2n) is 5.58. The second-order valence-corrected chi connectivity index (χ2v) is 7.81. The van der Waals surface area contributed by atoms with Crippen LogP contribution in [0.1, 0.15) is 38.3 Å². The van der Waals surface area contributed by atoms with Crippen LogP contribution in [0.4, 0.5) is 0 Å². The highest BCUT2D eigenvalue weighted by Gasteiger charge is 2.35. The van der Waals surface area contributed by atoms with Gasteiger partial charge in [0.05, 0.1) is 18.1 Å². The molecule has 118 valence electrons. The Morgan fingerprint density at radius 1 is 1.33 bits per heavy atom. The van der Waals surface area contributed by atoms with Gasteiger partial charge < -0.3 is 10.1 Å². The van der Waals surface area contributed by atoms with Crippen molar-refractivity contribution in [2.24, 2.45) is 5.92 Å². The molecule has 1 aliphatic rings. The number of benzene rings is 1.